The molecule has 0 aliphatic carbocycles. The summed E-state index contributed by atoms with van der Waals surface area (Å²) in [6.07, 6.45) is 3.31. The lowest BCUT2D eigenvalue weighted by molar-refractivity contribution is 0.145. The summed E-state index contributed by atoms with van der Waals surface area (Å²) in [6.45, 7) is 3.71. The molecule has 0 bridgehead atoms. The monoisotopic (exact) mass is 221 g/mol. The van der Waals surface area contributed by atoms with Gasteiger partial charge in [-0.05, 0) is 37.5 Å². The van der Waals surface area contributed by atoms with Crippen molar-refractivity contribution in [3.8, 4) is 0 Å². The van der Waals surface area contributed by atoms with E-state index in [2.05, 4.69) is 9.88 Å². The number of nitrogens with two attached hydrogens (primary N) is 1. The fourth-order valence-electron chi connectivity index (χ4n) is 1.99. The van der Waals surface area contributed by atoms with Gasteiger partial charge < -0.3 is 15.7 Å². The van der Waals surface area contributed by atoms with E-state index < -0.39 is 0 Å². The average molecular weight is 221 g/mol. The smallest absolute Gasteiger partial charge is 0.128 e. The largest absolute Gasteiger partial charge is 0.393 e. The number of aromatic nitrogens is 1. The van der Waals surface area contributed by atoms with Crippen molar-refractivity contribution in [3.63, 3.8) is 0 Å². The number of aliphatic hydroxyl groups excluding tert-OH is 1. The lowest BCUT2D eigenvalue weighted by atomic mass is 10.1. The Kier molecular flexibility index (Phi) is 3.41. The van der Waals surface area contributed by atoms with Crippen LogP contribution in [0.25, 0.3) is 0 Å². The molecule has 3 N–H and O–H groups in total. The van der Waals surface area contributed by atoms with Crippen molar-refractivity contribution in [1.29, 1.82) is 0 Å². The van der Waals surface area contributed by atoms with Crippen LogP contribution in [0.2, 0.25) is 0 Å². The normalized spacial score (nSPS) is 19.8. The molecule has 1 aliphatic rings. The Morgan fingerprint density at radius 2 is 2.19 bits per heavy atom. The van der Waals surface area contributed by atoms with Crippen molar-refractivity contribution in [3.05, 3.63) is 23.9 Å². The quantitative estimate of drug-likeness (QED) is 0.784. The van der Waals surface area contributed by atoms with Gasteiger partial charge in [-0.2, -0.15) is 0 Å². The van der Waals surface area contributed by atoms with Gasteiger partial charge in [-0.15, -0.1) is 0 Å². The first-order valence-electron chi connectivity index (χ1n) is 5.81. The SMILES string of the molecule is C[C@@H](N)c1ccnc(N2CCC(O)CC2)c1. The van der Waals surface area contributed by atoms with Crippen molar-refractivity contribution in [1.82, 2.24) is 4.98 Å². The molecular formula is C12H19N3O. The van der Waals surface area contributed by atoms with E-state index in [1.807, 2.05) is 19.1 Å². The van der Waals surface area contributed by atoms with E-state index in [1.54, 1.807) is 6.20 Å². The zero-order valence-corrected chi connectivity index (χ0v) is 9.63. The van der Waals surface area contributed by atoms with E-state index in [0.29, 0.717) is 0 Å². The summed E-state index contributed by atoms with van der Waals surface area (Å²) in [5.41, 5.74) is 6.96. The Morgan fingerprint density at radius 3 is 2.81 bits per heavy atom. The van der Waals surface area contributed by atoms with Gasteiger partial charge in [0, 0.05) is 25.3 Å². The van der Waals surface area contributed by atoms with E-state index in [0.717, 1.165) is 37.3 Å². The number of piperidine rings is 1. The second kappa shape index (κ2) is 4.80. The summed E-state index contributed by atoms with van der Waals surface area (Å²) < 4.78 is 0. The molecule has 1 fully saturated rings. The number of hydrogen-bond donors (Lipinski definition) is 2. The number of pyridine rings is 1. The summed E-state index contributed by atoms with van der Waals surface area (Å²) in [6, 6.07) is 4.03. The predicted molar refractivity (Wildman–Crippen MR) is 64.3 cm³/mol. The molecule has 1 saturated heterocycles. The zero-order chi connectivity index (χ0) is 11.5. The zero-order valence-electron chi connectivity index (χ0n) is 9.63. The number of anilines is 1. The molecule has 4 heteroatoms. The topological polar surface area (TPSA) is 62.4 Å². The maximum Gasteiger partial charge on any atom is 0.128 e. The van der Waals surface area contributed by atoms with Crippen molar-refractivity contribution in [2.75, 3.05) is 18.0 Å². The molecule has 0 amide bonds. The summed E-state index contributed by atoms with van der Waals surface area (Å²) in [7, 11) is 0. The Balaban J connectivity index is 2.11. The summed E-state index contributed by atoms with van der Waals surface area (Å²) >= 11 is 0. The Morgan fingerprint density at radius 1 is 1.50 bits per heavy atom. The third-order valence-electron chi connectivity index (χ3n) is 3.08. The first kappa shape index (κ1) is 11.4. The average Bonchev–Trinajstić information content (AvgIpc) is 2.30. The molecule has 2 rings (SSSR count). The van der Waals surface area contributed by atoms with Crippen LogP contribution in [0.15, 0.2) is 18.3 Å². The van der Waals surface area contributed by atoms with Gasteiger partial charge in [-0.1, -0.05) is 0 Å². The van der Waals surface area contributed by atoms with Gasteiger partial charge in [0.15, 0.2) is 0 Å². The van der Waals surface area contributed by atoms with Crippen LogP contribution >= 0.6 is 0 Å². The lowest BCUT2D eigenvalue weighted by Gasteiger charge is -2.30. The van der Waals surface area contributed by atoms with Gasteiger partial charge in [-0.25, -0.2) is 4.98 Å². The van der Waals surface area contributed by atoms with Crippen LogP contribution in [0.3, 0.4) is 0 Å². The highest BCUT2D eigenvalue weighted by Crippen LogP contribution is 2.20. The maximum absolute atomic E-state index is 9.45. The molecule has 0 radical (unpaired) electrons. The number of hydrogen-bond acceptors (Lipinski definition) is 4. The van der Waals surface area contributed by atoms with Gasteiger partial charge in [0.25, 0.3) is 0 Å². The minimum atomic E-state index is -0.145. The molecule has 1 atom stereocenters. The van der Waals surface area contributed by atoms with Crippen LogP contribution in [0.5, 0.6) is 0 Å². The van der Waals surface area contributed by atoms with E-state index in [-0.39, 0.29) is 12.1 Å². The van der Waals surface area contributed by atoms with Crippen LogP contribution in [-0.4, -0.2) is 29.3 Å². The molecule has 1 aromatic rings. The van der Waals surface area contributed by atoms with Crippen molar-refractivity contribution < 1.29 is 5.11 Å². The Labute approximate surface area is 96.1 Å². The van der Waals surface area contributed by atoms with Crippen molar-refractivity contribution in [2.24, 2.45) is 5.73 Å². The number of nitrogens with zero attached hydrogens (tertiary/aromatic N) is 2. The van der Waals surface area contributed by atoms with E-state index in [9.17, 15) is 5.11 Å². The number of rotatable bonds is 2. The van der Waals surface area contributed by atoms with Crippen LogP contribution in [0.4, 0.5) is 5.82 Å². The molecular weight excluding hydrogens is 202 g/mol. The Hall–Kier alpha value is -1.13. The van der Waals surface area contributed by atoms with E-state index in [1.165, 1.54) is 0 Å². The molecule has 0 unspecified atom stereocenters. The third-order valence-corrected chi connectivity index (χ3v) is 3.08. The van der Waals surface area contributed by atoms with Gasteiger partial charge in [0.2, 0.25) is 0 Å². The lowest BCUT2D eigenvalue weighted by Crippen LogP contribution is -2.36. The molecule has 4 nitrogen and oxygen atoms in total. The van der Waals surface area contributed by atoms with Crippen LogP contribution in [0, 0.1) is 0 Å². The summed E-state index contributed by atoms with van der Waals surface area (Å²) in [5, 5.41) is 9.45. The molecule has 88 valence electrons. The minimum absolute atomic E-state index is 0.0390. The molecule has 0 saturated carbocycles. The highest BCUT2D eigenvalue weighted by molar-refractivity contribution is 5.42. The standard InChI is InChI=1S/C12H19N3O/c1-9(13)10-2-5-14-12(8-10)15-6-3-11(16)4-7-15/h2,5,8-9,11,16H,3-4,6-7,13H2,1H3/t9-/m1/s1. The second-order valence-electron chi connectivity index (χ2n) is 4.45. The minimum Gasteiger partial charge on any atom is -0.393 e. The van der Waals surface area contributed by atoms with Crippen molar-refractivity contribution >= 4 is 5.82 Å². The first-order chi connectivity index (χ1) is 7.66. The first-order valence-corrected chi connectivity index (χ1v) is 5.81. The van der Waals surface area contributed by atoms with Crippen LogP contribution in [0.1, 0.15) is 31.4 Å². The molecule has 1 aliphatic heterocycles. The van der Waals surface area contributed by atoms with Gasteiger partial charge in [0.05, 0.1) is 6.10 Å². The highest BCUT2D eigenvalue weighted by atomic mass is 16.3. The molecule has 2 heterocycles. The molecule has 0 spiro atoms. The fraction of sp³-hybridized carbons (Fsp3) is 0.583. The second-order valence-corrected chi connectivity index (χ2v) is 4.45. The molecule has 16 heavy (non-hydrogen) atoms. The Bertz CT molecular complexity index is 346. The summed E-state index contributed by atoms with van der Waals surface area (Å²) in [4.78, 5) is 6.57. The maximum atomic E-state index is 9.45. The molecule has 0 aromatic carbocycles. The molecule has 1 aromatic heterocycles. The predicted octanol–water partition coefficient (Wildman–Crippen LogP) is 1.06. The highest BCUT2D eigenvalue weighted by Gasteiger charge is 2.18. The van der Waals surface area contributed by atoms with Gasteiger partial charge in [-0.3, -0.25) is 0 Å². The van der Waals surface area contributed by atoms with Gasteiger partial charge in [0.1, 0.15) is 5.82 Å². The van der Waals surface area contributed by atoms with Crippen LogP contribution in [-0.2, 0) is 0 Å². The fourth-order valence-corrected chi connectivity index (χ4v) is 1.99. The van der Waals surface area contributed by atoms with E-state index in [4.69, 9.17) is 5.73 Å². The summed E-state index contributed by atoms with van der Waals surface area (Å²) in [5.74, 6) is 0.974. The van der Waals surface area contributed by atoms with Gasteiger partial charge >= 0.3 is 0 Å². The van der Waals surface area contributed by atoms with Crippen LogP contribution < -0.4 is 10.6 Å². The number of aliphatic hydroxyl groups is 1. The van der Waals surface area contributed by atoms with E-state index >= 15 is 0 Å². The third kappa shape index (κ3) is 2.51. The van der Waals surface area contributed by atoms with Crippen molar-refractivity contribution in [2.45, 2.75) is 31.9 Å².